The summed E-state index contributed by atoms with van der Waals surface area (Å²) < 4.78 is 6.91. The number of nitrogens with zero attached hydrogens (tertiary/aromatic N) is 3. The molecule has 6 nitrogen and oxygen atoms in total. The Morgan fingerprint density at radius 1 is 1.50 bits per heavy atom. The van der Waals surface area contributed by atoms with E-state index in [1.165, 1.54) is 16.8 Å². The van der Waals surface area contributed by atoms with Gasteiger partial charge in [-0.3, -0.25) is 4.40 Å². The fourth-order valence-corrected chi connectivity index (χ4v) is 1.27. The number of rotatable bonds is 3. The summed E-state index contributed by atoms with van der Waals surface area (Å²) in [4.78, 5) is 18.7. The van der Waals surface area contributed by atoms with E-state index >= 15 is 0 Å². The zero-order chi connectivity index (χ0) is 11.7. The normalized spacial score (nSPS) is 10.9. The van der Waals surface area contributed by atoms with Crippen molar-refractivity contribution in [2.75, 3.05) is 0 Å². The highest BCUT2D eigenvalue weighted by atomic mass is 16.5. The van der Waals surface area contributed by atoms with Gasteiger partial charge in [0, 0.05) is 12.4 Å². The van der Waals surface area contributed by atoms with Crippen molar-refractivity contribution in [1.82, 2.24) is 14.4 Å². The molecule has 0 aliphatic carbocycles. The first kappa shape index (κ1) is 10.4. The van der Waals surface area contributed by atoms with Crippen LogP contribution in [0.5, 0.6) is 5.88 Å². The summed E-state index contributed by atoms with van der Waals surface area (Å²) in [5.41, 5.74) is 0.112. The second-order valence-electron chi connectivity index (χ2n) is 3.60. The minimum absolute atomic E-state index is 0.0175. The van der Waals surface area contributed by atoms with Crippen molar-refractivity contribution >= 4 is 11.7 Å². The van der Waals surface area contributed by atoms with E-state index in [1.54, 1.807) is 6.20 Å². The molecule has 0 saturated carbocycles. The largest absolute Gasteiger partial charge is 0.478 e. The predicted molar refractivity (Wildman–Crippen MR) is 55.7 cm³/mol. The summed E-state index contributed by atoms with van der Waals surface area (Å²) in [6.07, 6.45) is 4.34. The summed E-state index contributed by atoms with van der Waals surface area (Å²) in [5.74, 6) is -0.167. The van der Waals surface area contributed by atoms with Gasteiger partial charge in [0.2, 0.25) is 11.7 Å². The van der Waals surface area contributed by atoms with Crippen molar-refractivity contribution < 1.29 is 14.6 Å². The molecule has 84 valence electrons. The monoisotopic (exact) mass is 221 g/mol. The van der Waals surface area contributed by atoms with Crippen LogP contribution in [-0.4, -0.2) is 31.5 Å². The Kier molecular flexibility index (Phi) is 2.47. The number of carboxylic acid groups (broad SMARTS) is 1. The quantitative estimate of drug-likeness (QED) is 0.843. The van der Waals surface area contributed by atoms with Crippen LogP contribution in [0.4, 0.5) is 0 Å². The van der Waals surface area contributed by atoms with Crippen LogP contribution < -0.4 is 4.74 Å². The third-order valence-corrected chi connectivity index (χ3v) is 1.89. The molecule has 2 aromatic heterocycles. The Morgan fingerprint density at radius 3 is 2.88 bits per heavy atom. The van der Waals surface area contributed by atoms with Gasteiger partial charge in [-0.05, 0) is 13.8 Å². The Balaban J connectivity index is 2.42. The lowest BCUT2D eigenvalue weighted by Gasteiger charge is -2.03. The number of fused-ring (bicyclic) bond motifs is 1. The number of hydrogen-bond donors (Lipinski definition) is 1. The molecule has 2 aromatic rings. The van der Waals surface area contributed by atoms with E-state index in [0.717, 1.165) is 0 Å². The number of carboxylic acids is 1. The SMILES string of the molecule is CC(C)Oc1cn2cc(C(=O)O)cnc2n1. The summed E-state index contributed by atoms with van der Waals surface area (Å²) >= 11 is 0. The molecule has 2 heterocycles. The molecule has 0 bridgehead atoms. The maximum atomic E-state index is 10.7. The molecule has 0 saturated heterocycles. The van der Waals surface area contributed by atoms with Gasteiger partial charge in [0.15, 0.2) is 0 Å². The average molecular weight is 221 g/mol. The third kappa shape index (κ3) is 1.95. The van der Waals surface area contributed by atoms with Crippen molar-refractivity contribution in [1.29, 1.82) is 0 Å². The number of ether oxygens (including phenoxy) is 1. The number of imidazole rings is 1. The lowest BCUT2D eigenvalue weighted by atomic mass is 10.3. The standard InChI is InChI=1S/C10H11N3O3/c1-6(2)16-8-5-13-4-7(9(14)15)3-11-10(13)12-8/h3-6H,1-2H3,(H,14,15). The maximum absolute atomic E-state index is 10.7. The molecule has 0 aliphatic heterocycles. The van der Waals surface area contributed by atoms with Gasteiger partial charge in [-0.1, -0.05) is 0 Å². The van der Waals surface area contributed by atoms with Crippen molar-refractivity contribution in [3.8, 4) is 5.88 Å². The second-order valence-corrected chi connectivity index (χ2v) is 3.60. The van der Waals surface area contributed by atoms with E-state index in [2.05, 4.69) is 9.97 Å². The van der Waals surface area contributed by atoms with Crippen LogP contribution in [0.25, 0.3) is 5.78 Å². The van der Waals surface area contributed by atoms with Crippen LogP contribution in [0.1, 0.15) is 24.2 Å². The molecular weight excluding hydrogens is 210 g/mol. The van der Waals surface area contributed by atoms with Gasteiger partial charge >= 0.3 is 5.97 Å². The van der Waals surface area contributed by atoms with Gasteiger partial charge in [0.25, 0.3) is 0 Å². The molecule has 0 aliphatic rings. The van der Waals surface area contributed by atoms with E-state index in [4.69, 9.17) is 9.84 Å². The second kappa shape index (κ2) is 3.80. The molecule has 6 heteroatoms. The molecule has 0 unspecified atom stereocenters. The van der Waals surface area contributed by atoms with Gasteiger partial charge in [0.05, 0.1) is 17.9 Å². The van der Waals surface area contributed by atoms with Gasteiger partial charge < -0.3 is 9.84 Å². The van der Waals surface area contributed by atoms with E-state index in [1.807, 2.05) is 13.8 Å². The summed E-state index contributed by atoms with van der Waals surface area (Å²) in [5, 5.41) is 8.79. The van der Waals surface area contributed by atoms with Gasteiger partial charge in [-0.25, -0.2) is 9.78 Å². The molecule has 1 N–H and O–H groups in total. The summed E-state index contributed by atoms with van der Waals surface area (Å²) in [6.45, 7) is 3.78. The molecule has 0 aromatic carbocycles. The average Bonchev–Trinajstić information content (AvgIpc) is 2.56. The molecule has 0 atom stereocenters. The van der Waals surface area contributed by atoms with Crippen molar-refractivity contribution in [3.63, 3.8) is 0 Å². The van der Waals surface area contributed by atoms with Crippen LogP contribution >= 0.6 is 0 Å². The fraction of sp³-hybridized carbons (Fsp3) is 0.300. The number of aromatic nitrogens is 3. The lowest BCUT2D eigenvalue weighted by Crippen LogP contribution is -2.05. The first-order valence-electron chi connectivity index (χ1n) is 4.81. The number of hydrogen-bond acceptors (Lipinski definition) is 4. The van der Waals surface area contributed by atoms with Crippen LogP contribution in [0.2, 0.25) is 0 Å². The van der Waals surface area contributed by atoms with Gasteiger partial charge in [-0.15, -0.1) is 0 Å². The highest BCUT2D eigenvalue weighted by Gasteiger charge is 2.08. The van der Waals surface area contributed by atoms with Crippen molar-refractivity contribution in [2.24, 2.45) is 0 Å². The number of aromatic carboxylic acids is 1. The highest BCUT2D eigenvalue weighted by molar-refractivity contribution is 5.86. The minimum atomic E-state index is -1.02. The Labute approximate surface area is 91.5 Å². The molecule has 16 heavy (non-hydrogen) atoms. The maximum Gasteiger partial charge on any atom is 0.338 e. The molecule has 0 amide bonds. The smallest absolute Gasteiger partial charge is 0.338 e. The van der Waals surface area contributed by atoms with E-state index in [9.17, 15) is 4.79 Å². The van der Waals surface area contributed by atoms with Crippen LogP contribution in [0.3, 0.4) is 0 Å². The van der Waals surface area contributed by atoms with Crippen LogP contribution in [0.15, 0.2) is 18.6 Å². The van der Waals surface area contributed by atoms with E-state index in [-0.39, 0.29) is 11.7 Å². The summed E-state index contributed by atoms with van der Waals surface area (Å²) in [6, 6.07) is 0. The predicted octanol–water partition coefficient (Wildman–Crippen LogP) is 1.21. The summed E-state index contributed by atoms with van der Waals surface area (Å²) in [7, 11) is 0. The highest BCUT2D eigenvalue weighted by Crippen LogP contribution is 2.12. The van der Waals surface area contributed by atoms with Gasteiger partial charge in [0.1, 0.15) is 0 Å². The van der Waals surface area contributed by atoms with Crippen molar-refractivity contribution in [3.05, 3.63) is 24.2 Å². The van der Waals surface area contributed by atoms with Crippen LogP contribution in [0, 0.1) is 0 Å². The van der Waals surface area contributed by atoms with Gasteiger partial charge in [-0.2, -0.15) is 4.98 Å². The topological polar surface area (TPSA) is 76.7 Å². The molecule has 0 spiro atoms. The Bertz CT molecular complexity index is 533. The first-order chi connectivity index (χ1) is 7.56. The fourth-order valence-electron chi connectivity index (χ4n) is 1.27. The molecule has 2 rings (SSSR count). The molecule has 0 fully saturated rings. The first-order valence-corrected chi connectivity index (χ1v) is 4.81. The lowest BCUT2D eigenvalue weighted by molar-refractivity contribution is 0.0696. The van der Waals surface area contributed by atoms with E-state index in [0.29, 0.717) is 11.7 Å². The Morgan fingerprint density at radius 2 is 2.25 bits per heavy atom. The molecule has 0 radical (unpaired) electrons. The van der Waals surface area contributed by atoms with Crippen molar-refractivity contribution in [2.45, 2.75) is 20.0 Å². The minimum Gasteiger partial charge on any atom is -0.478 e. The zero-order valence-corrected chi connectivity index (χ0v) is 8.91. The zero-order valence-electron chi connectivity index (χ0n) is 8.91. The van der Waals surface area contributed by atoms with Crippen LogP contribution in [-0.2, 0) is 0 Å². The third-order valence-electron chi connectivity index (χ3n) is 1.89. The molecular formula is C10H11N3O3. The Hall–Kier alpha value is -2.11. The number of carbonyl (C=O) groups is 1. The van der Waals surface area contributed by atoms with E-state index < -0.39 is 5.97 Å².